The fraction of sp³-hybridized carbons (Fsp3) is 0. The summed E-state index contributed by atoms with van der Waals surface area (Å²) in [7, 11) is 0. The molecule has 3 aromatic rings. The average molecular weight is 271 g/mol. The Labute approximate surface area is 114 Å². The Morgan fingerprint density at radius 2 is 1.50 bits per heavy atom. The van der Waals surface area contributed by atoms with Gasteiger partial charge in [0, 0.05) is 30.5 Å². The number of nitrogens with one attached hydrogen (secondary N) is 2. The SMILES string of the molecule is Nc1ccc(O)cc1.O=C(c1ncc[nH]1)c1ncc[nH]1. The number of anilines is 1. The lowest BCUT2D eigenvalue weighted by molar-refractivity contribution is 0.102. The van der Waals surface area contributed by atoms with Crippen LogP contribution in [0.3, 0.4) is 0 Å². The predicted molar refractivity (Wildman–Crippen MR) is 73.1 cm³/mol. The van der Waals surface area contributed by atoms with E-state index >= 15 is 0 Å². The number of benzene rings is 1. The van der Waals surface area contributed by atoms with Gasteiger partial charge in [0.2, 0.25) is 0 Å². The Bertz CT molecular complexity index is 587. The van der Waals surface area contributed by atoms with Crippen molar-refractivity contribution in [1.29, 1.82) is 0 Å². The molecule has 2 heterocycles. The number of rotatable bonds is 2. The highest BCUT2D eigenvalue weighted by Gasteiger charge is 2.12. The lowest BCUT2D eigenvalue weighted by Gasteiger charge is -1.89. The summed E-state index contributed by atoms with van der Waals surface area (Å²) in [5, 5.41) is 8.70. The third-order valence-corrected chi connectivity index (χ3v) is 2.32. The molecule has 0 saturated carbocycles. The molecule has 20 heavy (non-hydrogen) atoms. The van der Waals surface area contributed by atoms with E-state index in [-0.39, 0.29) is 11.5 Å². The zero-order valence-electron chi connectivity index (χ0n) is 10.4. The van der Waals surface area contributed by atoms with Gasteiger partial charge in [-0.25, -0.2) is 9.97 Å². The molecule has 0 spiro atoms. The Hall–Kier alpha value is -3.09. The first-order chi connectivity index (χ1) is 9.66. The molecule has 2 aromatic heterocycles. The predicted octanol–water partition coefficient (Wildman–Crippen LogP) is 1.34. The molecule has 0 saturated heterocycles. The molecule has 0 unspecified atom stereocenters. The number of aromatic amines is 2. The van der Waals surface area contributed by atoms with Gasteiger partial charge in [0.15, 0.2) is 11.6 Å². The number of aromatic nitrogens is 4. The molecular weight excluding hydrogens is 258 g/mol. The number of imidazole rings is 2. The highest BCUT2D eigenvalue weighted by atomic mass is 16.3. The standard InChI is InChI=1S/C7H6N4O.C6H7NO/c12-5(6-8-1-2-9-6)7-10-3-4-11-7;7-5-1-3-6(8)4-2-5/h1-4H,(H,8,9)(H,10,11);1-4,8H,7H2. The number of H-pyrrole nitrogens is 2. The number of nitrogen functional groups attached to an aromatic ring is 1. The van der Waals surface area contributed by atoms with Crippen molar-refractivity contribution in [3.63, 3.8) is 0 Å². The second kappa shape index (κ2) is 6.19. The summed E-state index contributed by atoms with van der Waals surface area (Å²) >= 11 is 0. The third kappa shape index (κ3) is 3.45. The van der Waals surface area contributed by atoms with Gasteiger partial charge in [0.25, 0.3) is 5.78 Å². The van der Waals surface area contributed by atoms with E-state index in [1.807, 2.05) is 0 Å². The van der Waals surface area contributed by atoms with Crippen LogP contribution < -0.4 is 5.73 Å². The Balaban J connectivity index is 0.000000160. The zero-order valence-corrected chi connectivity index (χ0v) is 10.4. The number of hydrogen-bond donors (Lipinski definition) is 4. The largest absolute Gasteiger partial charge is 0.508 e. The van der Waals surface area contributed by atoms with Crippen LogP contribution in [-0.2, 0) is 0 Å². The van der Waals surface area contributed by atoms with E-state index in [0.29, 0.717) is 17.3 Å². The summed E-state index contributed by atoms with van der Waals surface area (Å²) < 4.78 is 0. The summed E-state index contributed by atoms with van der Waals surface area (Å²) in [4.78, 5) is 24.4. The third-order valence-electron chi connectivity index (χ3n) is 2.32. The van der Waals surface area contributed by atoms with Crippen LogP contribution >= 0.6 is 0 Å². The fourth-order valence-electron chi connectivity index (χ4n) is 1.37. The van der Waals surface area contributed by atoms with Crippen LogP contribution in [0.4, 0.5) is 5.69 Å². The minimum absolute atomic E-state index is 0.231. The summed E-state index contributed by atoms with van der Waals surface area (Å²) in [6.07, 6.45) is 6.23. The maximum atomic E-state index is 11.4. The summed E-state index contributed by atoms with van der Waals surface area (Å²) in [5.41, 5.74) is 5.98. The molecular formula is C13H13N5O2. The van der Waals surface area contributed by atoms with E-state index in [4.69, 9.17) is 10.8 Å². The van der Waals surface area contributed by atoms with Crippen molar-refractivity contribution in [2.75, 3.05) is 5.73 Å². The molecule has 7 nitrogen and oxygen atoms in total. The van der Waals surface area contributed by atoms with Gasteiger partial charge in [0.05, 0.1) is 0 Å². The number of nitrogens with zero attached hydrogens (tertiary/aromatic N) is 2. The smallest absolute Gasteiger partial charge is 0.263 e. The van der Waals surface area contributed by atoms with E-state index in [9.17, 15) is 4.79 Å². The average Bonchev–Trinajstić information content (AvgIpc) is 3.15. The van der Waals surface area contributed by atoms with Crippen LogP contribution in [-0.4, -0.2) is 30.8 Å². The van der Waals surface area contributed by atoms with E-state index in [2.05, 4.69) is 19.9 Å². The van der Waals surface area contributed by atoms with Crippen LogP contribution in [0.15, 0.2) is 49.1 Å². The summed E-state index contributed by atoms with van der Waals surface area (Å²) in [6.45, 7) is 0. The van der Waals surface area contributed by atoms with Crippen molar-refractivity contribution in [1.82, 2.24) is 19.9 Å². The van der Waals surface area contributed by atoms with Gasteiger partial charge in [-0.3, -0.25) is 4.79 Å². The number of hydrogen-bond acceptors (Lipinski definition) is 5. The van der Waals surface area contributed by atoms with E-state index in [0.717, 1.165) is 0 Å². The monoisotopic (exact) mass is 271 g/mol. The minimum atomic E-state index is -0.231. The van der Waals surface area contributed by atoms with Crippen molar-refractivity contribution < 1.29 is 9.90 Å². The normalized spacial score (nSPS) is 9.60. The van der Waals surface area contributed by atoms with Crippen LogP contribution in [0.2, 0.25) is 0 Å². The van der Waals surface area contributed by atoms with Gasteiger partial charge in [-0.1, -0.05) is 0 Å². The van der Waals surface area contributed by atoms with Crippen LogP contribution in [0.1, 0.15) is 16.4 Å². The lowest BCUT2D eigenvalue weighted by Crippen LogP contribution is -2.05. The van der Waals surface area contributed by atoms with Crippen LogP contribution in [0.5, 0.6) is 5.75 Å². The van der Waals surface area contributed by atoms with E-state index < -0.39 is 0 Å². The highest BCUT2D eigenvalue weighted by Crippen LogP contribution is 2.09. The molecule has 0 atom stereocenters. The number of aromatic hydroxyl groups is 1. The van der Waals surface area contributed by atoms with E-state index in [1.54, 1.807) is 36.7 Å². The molecule has 0 amide bonds. The van der Waals surface area contributed by atoms with Gasteiger partial charge in [-0.15, -0.1) is 0 Å². The quantitative estimate of drug-likeness (QED) is 0.318. The molecule has 0 aliphatic carbocycles. The molecule has 0 aliphatic heterocycles. The molecule has 1 aromatic carbocycles. The Kier molecular flexibility index (Phi) is 4.13. The van der Waals surface area contributed by atoms with Crippen LogP contribution in [0, 0.1) is 0 Å². The number of nitrogens with two attached hydrogens (primary N) is 1. The number of phenolic OH excluding ortho intramolecular Hbond substituents is 1. The van der Waals surface area contributed by atoms with Gasteiger partial charge >= 0.3 is 0 Å². The zero-order chi connectivity index (χ0) is 14.4. The highest BCUT2D eigenvalue weighted by molar-refractivity contribution is 6.03. The Morgan fingerprint density at radius 1 is 1.00 bits per heavy atom. The molecule has 0 fully saturated rings. The van der Waals surface area contributed by atoms with Crippen molar-refractivity contribution >= 4 is 11.5 Å². The van der Waals surface area contributed by atoms with Crippen molar-refractivity contribution in [2.24, 2.45) is 0 Å². The number of phenols is 1. The second-order valence-corrected chi connectivity index (χ2v) is 3.80. The molecule has 102 valence electrons. The number of carbonyl (C=O) groups excluding carboxylic acids is 1. The van der Waals surface area contributed by atoms with Crippen molar-refractivity contribution in [2.45, 2.75) is 0 Å². The summed E-state index contributed by atoms with van der Waals surface area (Å²) in [5.74, 6) is 0.610. The number of carbonyl (C=O) groups is 1. The lowest BCUT2D eigenvalue weighted by atomic mass is 10.3. The van der Waals surface area contributed by atoms with Gasteiger partial charge in [-0.05, 0) is 24.3 Å². The molecule has 0 bridgehead atoms. The maximum Gasteiger partial charge on any atom is 0.263 e. The minimum Gasteiger partial charge on any atom is -0.508 e. The first-order valence-electron chi connectivity index (χ1n) is 5.75. The topological polar surface area (TPSA) is 121 Å². The van der Waals surface area contributed by atoms with Crippen molar-refractivity contribution in [3.8, 4) is 5.75 Å². The molecule has 0 radical (unpaired) electrons. The second-order valence-electron chi connectivity index (χ2n) is 3.80. The maximum absolute atomic E-state index is 11.4. The number of ketones is 1. The molecule has 5 N–H and O–H groups in total. The first kappa shape index (κ1) is 13.3. The molecule has 3 rings (SSSR count). The van der Waals surface area contributed by atoms with Gasteiger partial charge in [-0.2, -0.15) is 0 Å². The van der Waals surface area contributed by atoms with E-state index in [1.165, 1.54) is 12.4 Å². The van der Waals surface area contributed by atoms with Crippen molar-refractivity contribution in [3.05, 3.63) is 60.7 Å². The van der Waals surface area contributed by atoms with Gasteiger partial charge in [0.1, 0.15) is 5.75 Å². The van der Waals surface area contributed by atoms with Crippen LogP contribution in [0.25, 0.3) is 0 Å². The first-order valence-corrected chi connectivity index (χ1v) is 5.75. The molecule has 7 heteroatoms. The summed E-state index contributed by atoms with van der Waals surface area (Å²) in [6, 6.07) is 6.40. The fourth-order valence-corrected chi connectivity index (χ4v) is 1.37. The molecule has 0 aliphatic rings. The van der Waals surface area contributed by atoms with Gasteiger partial charge < -0.3 is 20.8 Å². The Morgan fingerprint density at radius 3 is 1.85 bits per heavy atom.